The van der Waals surface area contributed by atoms with Crippen LogP contribution in [0.4, 0.5) is 17.1 Å². The molecule has 0 radical (unpaired) electrons. The lowest BCUT2D eigenvalue weighted by Crippen LogP contribution is -2.14. The lowest BCUT2D eigenvalue weighted by molar-refractivity contribution is 0.102. The maximum absolute atomic E-state index is 12.7. The van der Waals surface area contributed by atoms with Gasteiger partial charge in [0.1, 0.15) is 17.2 Å². The first kappa shape index (κ1) is 20.2. The van der Waals surface area contributed by atoms with E-state index in [9.17, 15) is 4.79 Å². The first-order valence-electron chi connectivity index (χ1n) is 9.40. The fraction of sp³-hybridized carbons (Fsp3) is 0.217. The number of hydrogen-bond donors (Lipinski definition) is 2. The van der Waals surface area contributed by atoms with Crippen LogP contribution in [0.1, 0.15) is 28.5 Å². The smallest absolute Gasteiger partial charge is 0.274 e. The Morgan fingerprint density at radius 1 is 1.07 bits per heavy atom. The molecule has 0 aliphatic carbocycles. The highest BCUT2D eigenvalue weighted by Crippen LogP contribution is 2.30. The van der Waals surface area contributed by atoms with Crippen LogP contribution in [0.15, 0.2) is 54.7 Å². The Balaban J connectivity index is 1.82. The second kappa shape index (κ2) is 9.10. The number of nitrogens with zero attached hydrogens (tertiary/aromatic N) is 1. The molecular weight excluding hydrogens is 366 g/mol. The third-order valence-electron chi connectivity index (χ3n) is 4.66. The number of pyridine rings is 1. The van der Waals surface area contributed by atoms with Gasteiger partial charge in [-0.05, 0) is 48.7 Å². The standard InChI is InChI=1S/C23H25N3O3/c1-5-16-8-6-7-15(2)22(16)25-17-11-12-24-20(13-17)23(27)26-19-10-9-18(28-3)14-21(19)29-4/h6-14H,5H2,1-4H3,(H,24,25)(H,26,27). The van der Waals surface area contributed by atoms with Gasteiger partial charge in [0.15, 0.2) is 0 Å². The van der Waals surface area contributed by atoms with Crippen LogP contribution >= 0.6 is 0 Å². The Kier molecular flexibility index (Phi) is 6.34. The van der Waals surface area contributed by atoms with Crippen LogP contribution in [0.3, 0.4) is 0 Å². The molecule has 6 nitrogen and oxygen atoms in total. The highest BCUT2D eigenvalue weighted by molar-refractivity contribution is 6.04. The van der Waals surface area contributed by atoms with Gasteiger partial charge in [0.2, 0.25) is 0 Å². The van der Waals surface area contributed by atoms with Crippen molar-refractivity contribution in [2.45, 2.75) is 20.3 Å². The van der Waals surface area contributed by atoms with E-state index in [-0.39, 0.29) is 5.91 Å². The summed E-state index contributed by atoms with van der Waals surface area (Å²) >= 11 is 0. The minimum atomic E-state index is -0.322. The molecule has 0 atom stereocenters. The average Bonchev–Trinajstić information content (AvgIpc) is 2.75. The summed E-state index contributed by atoms with van der Waals surface area (Å²) in [5.74, 6) is 0.839. The summed E-state index contributed by atoms with van der Waals surface area (Å²) in [6, 6.07) is 15.0. The predicted molar refractivity (Wildman–Crippen MR) is 116 cm³/mol. The van der Waals surface area contributed by atoms with E-state index in [0.29, 0.717) is 22.9 Å². The van der Waals surface area contributed by atoms with Gasteiger partial charge in [-0.25, -0.2) is 0 Å². The van der Waals surface area contributed by atoms with Gasteiger partial charge in [-0.1, -0.05) is 25.1 Å². The molecule has 0 bridgehead atoms. The van der Waals surface area contributed by atoms with Gasteiger partial charge >= 0.3 is 0 Å². The summed E-state index contributed by atoms with van der Waals surface area (Å²) in [5, 5.41) is 6.27. The maximum atomic E-state index is 12.7. The molecule has 0 spiro atoms. The zero-order valence-electron chi connectivity index (χ0n) is 17.1. The maximum Gasteiger partial charge on any atom is 0.274 e. The third-order valence-corrected chi connectivity index (χ3v) is 4.66. The number of aromatic nitrogens is 1. The molecule has 1 aromatic heterocycles. The highest BCUT2D eigenvalue weighted by atomic mass is 16.5. The van der Waals surface area contributed by atoms with E-state index in [1.165, 1.54) is 5.56 Å². The summed E-state index contributed by atoms with van der Waals surface area (Å²) in [6.07, 6.45) is 2.53. The van der Waals surface area contributed by atoms with E-state index in [2.05, 4.69) is 41.6 Å². The van der Waals surface area contributed by atoms with Crippen molar-refractivity contribution >= 4 is 23.0 Å². The van der Waals surface area contributed by atoms with Gasteiger partial charge in [0, 0.05) is 23.6 Å². The number of aryl methyl sites for hydroxylation is 2. The molecule has 1 amide bonds. The van der Waals surface area contributed by atoms with Crippen LogP contribution in [0.2, 0.25) is 0 Å². The van der Waals surface area contributed by atoms with Crippen molar-refractivity contribution in [1.82, 2.24) is 4.98 Å². The van der Waals surface area contributed by atoms with Crippen molar-refractivity contribution in [3.8, 4) is 11.5 Å². The van der Waals surface area contributed by atoms with E-state index in [0.717, 1.165) is 23.4 Å². The van der Waals surface area contributed by atoms with Crippen LogP contribution in [0.5, 0.6) is 11.5 Å². The molecule has 150 valence electrons. The number of carbonyl (C=O) groups is 1. The van der Waals surface area contributed by atoms with Gasteiger partial charge in [-0.3, -0.25) is 9.78 Å². The summed E-state index contributed by atoms with van der Waals surface area (Å²) in [6.45, 7) is 4.18. The zero-order valence-corrected chi connectivity index (χ0v) is 17.1. The van der Waals surface area contributed by atoms with Crippen molar-refractivity contribution in [3.05, 3.63) is 71.5 Å². The van der Waals surface area contributed by atoms with Crippen LogP contribution in [0, 0.1) is 6.92 Å². The summed E-state index contributed by atoms with van der Waals surface area (Å²) in [4.78, 5) is 17.0. The molecule has 0 unspecified atom stereocenters. The fourth-order valence-corrected chi connectivity index (χ4v) is 3.07. The molecule has 0 saturated heterocycles. The quantitative estimate of drug-likeness (QED) is 0.595. The number of para-hydroxylation sites is 1. The molecule has 3 rings (SSSR count). The number of methoxy groups -OCH3 is 2. The molecule has 6 heteroatoms. The van der Waals surface area contributed by atoms with Crippen molar-refractivity contribution in [2.75, 3.05) is 24.9 Å². The van der Waals surface area contributed by atoms with E-state index in [1.807, 2.05) is 12.1 Å². The topological polar surface area (TPSA) is 72.5 Å². The Morgan fingerprint density at radius 3 is 2.62 bits per heavy atom. The molecule has 0 aliphatic heterocycles. The lowest BCUT2D eigenvalue weighted by atomic mass is 10.1. The Bertz CT molecular complexity index is 1020. The van der Waals surface area contributed by atoms with Gasteiger partial charge in [0.05, 0.1) is 19.9 Å². The molecule has 0 fully saturated rings. The summed E-state index contributed by atoms with van der Waals surface area (Å²) in [5.41, 5.74) is 5.08. The van der Waals surface area contributed by atoms with Gasteiger partial charge in [0.25, 0.3) is 5.91 Å². The lowest BCUT2D eigenvalue weighted by Gasteiger charge is -2.15. The highest BCUT2D eigenvalue weighted by Gasteiger charge is 2.13. The first-order valence-corrected chi connectivity index (χ1v) is 9.40. The average molecular weight is 391 g/mol. The van der Waals surface area contributed by atoms with Crippen LogP contribution in [-0.4, -0.2) is 25.1 Å². The molecule has 2 N–H and O–H groups in total. The monoisotopic (exact) mass is 391 g/mol. The molecule has 1 heterocycles. The first-order chi connectivity index (χ1) is 14.0. The van der Waals surface area contributed by atoms with Crippen LogP contribution in [0.25, 0.3) is 0 Å². The second-order valence-corrected chi connectivity index (χ2v) is 6.54. The molecule has 29 heavy (non-hydrogen) atoms. The third kappa shape index (κ3) is 4.66. The number of amides is 1. The number of nitrogens with one attached hydrogen (secondary N) is 2. The second-order valence-electron chi connectivity index (χ2n) is 6.54. The van der Waals surface area contributed by atoms with Gasteiger partial charge < -0.3 is 20.1 Å². The van der Waals surface area contributed by atoms with E-state index in [1.54, 1.807) is 44.7 Å². The van der Waals surface area contributed by atoms with E-state index < -0.39 is 0 Å². The molecule has 0 saturated carbocycles. The van der Waals surface area contributed by atoms with Gasteiger partial charge in [-0.15, -0.1) is 0 Å². The minimum Gasteiger partial charge on any atom is -0.497 e. The van der Waals surface area contributed by atoms with Crippen molar-refractivity contribution in [1.29, 1.82) is 0 Å². The largest absolute Gasteiger partial charge is 0.497 e. The number of ether oxygens (including phenoxy) is 2. The number of benzene rings is 2. The normalized spacial score (nSPS) is 10.3. The molecule has 0 aliphatic rings. The van der Waals surface area contributed by atoms with Gasteiger partial charge in [-0.2, -0.15) is 0 Å². The Labute approximate surface area is 170 Å². The Morgan fingerprint density at radius 2 is 1.90 bits per heavy atom. The Hall–Kier alpha value is -3.54. The molecule has 3 aromatic rings. The zero-order chi connectivity index (χ0) is 20.8. The SMILES string of the molecule is CCc1cccc(C)c1Nc1ccnc(C(=O)Nc2ccc(OC)cc2OC)c1. The summed E-state index contributed by atoms with van der Waals surface area (Å²) in [7, 11) is 3.12. The number of carbonyl (C=O) groups excluding carboxylic acids is 1. The summed E-state index contributed by atoms with van der Waals surface area (Å²) < 4.78 is 10.5. The minimum absolute atomic E-state index is 0.305. The van der Waals surface area contributed by atoms with Crippen molar-refractivity contribution in [2.24, 2.45) is 0 Å². The number of rotatable bonds is 7. The van der Waals surface area contributed by atoms with E-state index >= 15 is 0 Å². The molecule has 2 aromatic carbocycles. The van der Waals surface area contributed by atoms with Crippen molar-refractivity contribution < 1.29 is 14.3 Å². The number of anilines is 3. The predicted octanol–water partition coefficient (Wildman–Crippen LogP) is 4.97. The van der Waals surface area contributed by atoms with Crippen LogP contribution < -0.4 is 20.1 Å². The van der Waals surface area contributed by atoms with Crippen molar-refractivity contribution in [3.63, 3.8) is 0 Å². The molecular formula is C23H25N3O3. The van der Waals surface area contributed by atoms with Crippen LogP contribution in [-0.2, 0) is 6.42 Å². The number of hydrogen-bond acceptors (Lipinski definition) is 5. The van der Waals surface area contributed by atoms with E-state index in [4.69, 9.17) is 9.47 Å². The fourth-order valence-electron chi connectivity index (χ4n) is 3.07.